The zero-order valence-corrected chi connectivity index (χ0v) is 10.5. The highest BCUT2D eigenvalue weighted by atomic mass is 16.6. The van der Waals surface area contributed by atoms with E-state index in [1.165, 1.54) is 18.2 Å². The number of nitro benzene ring substituents is 1. The molecule has 1 aromatic carbocycles. The van der Waals surface area contributed by atoms with Gasteiger partial charge in [-0.15, -0.1) is 0 Å². The van der Waals surface area contributed by atoms with E-state index in [1.807, 2.05) is 0 Å². The fourth-order valence-electron chi connectivity index (χ4n) is 1.56. The number of nitrogens with two attached hydrogens (primary N) is 1. The minimum Gasteiger partial charge on any atom is -0.399 e. The molecule has 0 atom stereocenters. The molecule has 1 heterocycles. The van der Waals surface area contributed by atoms with Crippen LogP contribution < -0.4 is 11.1 Å². The number of amides is 1. The summed E-state index contributed by atoms with van der Waals surface area (Å²) in [6.07, 6.45) is 0. The van der Waals surface area contributed by atoms with Crippen molar-refractivity contribution in [3.63, 3.8) is 0 Å². The van der Waals surface area contributed by atoms with Gasteiger partial charge in [-0.05, 0) is 19.1 Å². The minimum absolute atomic E-state index is 0.0222. The molecule has 0 radical (unpaired) electrons. The van der Waals surface area contributed by atoms with E-state index in [0.29, 0.717) is 5.82 Å². The van der Waals surface area contributed by atoms with Crippen LogP contribution in [-0.4, -0.2) is 21.0 Å². The van der Waals surface area contributed by atoms with Gasteiger partial charge in [0.25, 0.3) is 11.6 Å². The largest absolute Gasteiger partial charge is 0.399 e. The first-order chi connectivity index (χ1) is 9.47. The second kappa shape index (κ2) is 5.34. The molecule has 2 aromatic rings. The Labute approximate surface area is 112 Å². The monoisotopic (exact) mass is 277 g/mol. The van der Waals surface area contributed by atoms with Gasteiger partial charge in [-0.1, -0.05) is 5.16 Å². The molecular weight excluding hydrogens is 266 g/mol. The zero-order chi connectivity index (χ0) is 14.7. The van der Waals surface area contributed by atoms with Gasteiger partial charge in [0.2, 0.25) is 5.89 Å². The van der Waals surface area contributed by atoms with Gasteiger partial charge in [0, 0.05) is 11.8 Å². The third kappa shape index (κ3) is 2.88. The summed E-state index contributed by atoms with van der Waals surface area (Å²) in [4.78, 5) is 26.1. The average Bonchev–Trinajstić information content (AvgIpc) is 2.81. The molecule has 0 saturated heterocycles. The lowest BCUT2D eigenvalue weighted by Crippen LogP contribution is -2.24. The maximum Gasteiger partial charge on any atom is 0.282 e. The quantitative estimate of drug-likeness (QED) is 0.478. The predicted octanol–water partition coefficient (Wildman–Crippen LogP) is 0.798. The number of nitrogen functional groups attached to an aromatic ring is 1. The molecule has 0 aliphatic heterocycles. The Kier molecular flexibility index (Phi) is 3.60. The minimum atomic E-state index is -0.648. The van der Waals surface area contributed by atoms with Crippen molar-refractivity contribution >= 4 is 17.3 Å². The lowest BCUT2D eigenvalue weighted by atomic mass is 10.1. The van der Waals surface area contributed by atoms with Crippen molar-refractivity contribution in [2.75, 3.05) is 5.73 Å². The van der Waals surface area contributed by atoms with E-state index in [9.17, 15) is 14.9 Å². The fourth-order valence-corrected chi connectivity index (χ4v) is 1.56. The van der Waals surface area contributed by atoms with Crippen LogP contribution in [0.4, 0.5) is 11.4 Å². The molecule has 0 fully saturated rings. The summed E-state index contributed by atoms with van der Waals surface area (Å²) in [7, 11) is 0. The molecule has 0 unspecified atom stereocenters. The fraction of sp³-hybridized carbons (Fsp3) is 0.182. The lowest BCUT2D eigenvalue weighted by Gasteiger charge is -2.04. The molecular formula is C11H11N5O4. The van der Waals surface area contributed by atoms with Crippen LogP contribution in [0.5, 0.6) is 0 Å². The van der Waals surface area contributed by atoms with Crippen molar-refractivity contribution < 1.29 is 14.2 Å². The van der Waals surface area contributed by atoms with Crippen molar-refractivity contribution in [1.29, 1.82) is 0 Å². The van der Waals surface area contributed by atoms with Gasteiger partial charge in [0.05, 0.1) is 11.5 Å². The molecule has 1 amide bonds. The Morgan fingerprint density at radius 1 is 1.55 bits per heavy atom. The smallest absolute Gasteiger partial charge is 0.282 e. The molecule has 9 heteroatoms. The van der Waals surface area contributed by atoms with Crippen LogP contribution >= 0.6 is 0 Å². The Balaban J connectivity index is 2.16. The number of carbonyl (C=O) groups is 1. The van der Waals surface area contributed by atoms with Gasteiger partial charge in [0.15, 0.2) is 5.82 Å². The number of nitrogens with zero attached hydrogens (tertiary/aromatic N) is 3. The summed E-state index contributed by atoms with van der Waals surface area (Å²) >= 11 is 0. The standard InChI is InChI=1S/C11H11N5O4/c1-6-14-10(20-15-6)5-13-11(17)8-4-7(12)2-3-9(8)16(18)19/h2-4H,5,12H2,1H3,(H,13,17). The van der Waals surface area contributed by atoms with E-state index >= 15 is 0 Å². The Morgan fingerprint density at radius 3 is 2.90 bits per heavy atom. The van der Waals surface area contributed by atoms with Gasteiger partial charge in [0.1, 0.15) is 5.56 Å². The highest BCUT2D eigenvalue weighted by Gasteiger charge is 2.20. The molecule has 2 rings (SSSR count). The van der Waals surface area contributed by atoms with Gasteiger partial charge in [-0.2, -0.15) is 4.98 Å². The Hall–Kier alpha value is -2.97. The summed E-state index contributed by atoms with van der Waals surface area (Å²) in [6, 6.07) is 3.78. The number of rotatable bonds is 4. The number of hydrogen-bond acceptors (Lipinski definition) is 7. The van der Waals surface area contributed by atoms with Gasteiger partial charge < -0.3 is 15.6 Å². The SMILES string of the molecule is Cc1noc(CNC(=O)c2cc(N)ccc2[N+](=O)[O-])n1. The Bertz CT molecular complexity index is 667. The molecule has 0 saturated carbocycles. The van der Waals surface area contributed by atoms with E-state index in [1.54, 1.807) is 6.92 Å². The maximum atomic E-state index is 11.9. The molecule has 0 aliphatic carbocycles. The predicted molar refractivity (Wildman–Crippen MR) is 67.7 cm³/mol. The van der Waals surface area contributed by atoms with Gasteiger partial charge in [-0.25, -0.2) is 0 Å². The summed E-state index contributed by atoms with van der Waals surface area (Å²) < 4.78 is 4.82. The van der Waals surface area contributed by atoms with Crippen LogP contribution in [-0.2, 0) is 6.54 Å². The highest BCUT2D eigenvalue weighted by molar-refractivity contribution is 5.98. The molecule has 0 aliphatic rings. The van der Waals surface area contributed by atoms with Crippen molar-refractivity contribution in [1.82, 2.24) is 15.5 Å². The number of hydrogen-bond donors (Lipinski definition) is 2. The van der Waals surface area contributed by atoms with Crippen LogP contribution in [0.1, 0.15) is 22.1 Å². The van der Waals surface area contributed by atoms with Gasteiger partial charge >= 0.3 is 0 Å². The summed E-state index contributed by atoms with van der Waals surface area (Å²) in [5.74, 6) is 0.00597. The van der Waals surface area contributed by atoms with Crippen LogP contribution in [0.3, 0.4) is 0 Å². The number of carbonyl (C=O) groups excluding carboxylic acids is 1. The van der Waals surface area contributed by atoms with E-state index in [0.717, 1.165) is 0 Å². The summed E-state index contributed by atoms with van der Waals surface area (Å²) in [6.45, 7) is 1.61. The number of nitro groups is 1. The van der Waals surface area contributed by atoms with Crippen LogP contribution in [0.25, 0.3) is 0 Å². The number of aryl methyl sites for hydroxylation is 1. The number of nitrogens with one attached hydrogen (secondary N) is 1. The number of aromatic nitrogens is 2. The van der Waals surface area contributed by atoms with Crippen LogP contribution in [0.15, 0.2) is 22.7 Å². The molecule has 0 bridgehead atoms. The topological polar surface area (TPSA) is 137 Å². The second-order valence-electron chi connectivity index (χ2n) is 3.95. The molecule has 3 N–H and O–H groups in total. The van der Waals surface area contributed by atoms with Crippen molar-refractivity contribution in [3.05, 3.63) is 45.6 Å². The number of benzene rings is 1. The third-order valence-electron chi connectivity index (χ3n) is 2.43. The lowest BCUT2D eigenvalue weighted by molar-refractivity contribution is -0.385. The van der Waals surface area contributed by atoms with Crippen LogP contribution in [0.2, 0.25) is 0 Å². The first-order valence-electron chi connectivity index (χ1n) is 5.58. The first kappa shape index (κ1) is 13.5. The number of anilines is 1. The third-order valence-corrected chi connectivity index (χ3v) is 2.43. The van der Waals surface area contributed by atoms with Crippen molar-refractivity contribution in [3.8, 4) is 0 Å². The Morgan fingerprint density at radius 2 is 2.30 bits per heavy atom. The zero-order valence-electron chi connectivity index (χ0n) is 10.5. The average molecular weight is 277 g/mol. The first-order valence-corrected chi connectivity index (χ1v) is 5.58. The second-order valence-corrected chi connectivity index (χ2v) is 3.95. The highest BCUT2D eigenvalue weighted by Crippen LogP contribution is 2.21. The summed E-state index contributed by atoms with van der Waals surface area (Å²) in [5.41, 5.74) is 5.35. The maximum absolute atomic E-state index is 11.9. The van der Waals surface area contributed by atoms with E-state index in [-0.39, 0.29) is 29.4 Å². The molecule has 20 heavy (non-hydrogen) atoms. The van der Waals surface area contributed by atoms with Crippen molar-refractivity contribution in [2.45, 2.75) is 13.5 Å². The van der Waals surface area contributed by atoms with Crippen LogP contribution in [0, 0.1) is 17.0 Å². The van der Waals surface area contributed by atoms with Crippen molar-refractivity contribution in [2.24, 2.45) is 0 Å². The summed E-state index contributed by atoms with van der Waals surface area (Å²) in [5, 5.41) is 16.9. The van der Waals surface area contributed by atoms with Gasteiger partial charge in [-0.3, -0.25) is 14.9 Å². The molecule has 104 valence electrons. The van der Waals surface area contributed by atoms with E-state index in [2.05, 4.69) is 15.5 Å². The van der Waals surface area contributed by atoms with E-state index < -0.39 is 10.8 Å². The molecule has 9 nitrogen and oxygen atoms in total. The van der Waals surface area contributed by atoms with E-state index in [4.69, 9.17) is 10.3 Å². The molecule has 0 spiro atoms. The molecule has 1 aromatic heterocycles. The normalized spacial score (nSPS) is 10.2.